The molecule has 2 amide bonds. The van der Waals surface area contributed by atoms with Crippen molar-refractivity contribution in [3.8, 4) is 0 Å². The first-order valence-corrected chi connectivity index (χ1v) is 11.6. The standard InChI is InChI=1S/C25H32N4O5/c1-16(30)19-5-4-6-20(26-19)23(31)27-21-13-17-15-29(8-7-25(2,3)33)24(32)18(17)14-22(21)28-9-11-34-12-10-28/h4-6,13-14,16,30,33H,7-12,15H2,1-3H3,(H,27,31). The highest BCUT2D eigenvalue weighted by Crippen LogP contribution is 2.35. The number of rotatable bonds is 7. The maximum Gasteiger partial charge on any atom is 0.274 e. The second-order valence-corrected chi connectivity index (χ2v) is 9.49. The number of aliphatic hydroxyl groups is 2. The molecule has 2 aliphatic rings. The Morgan fingerprint density at radius 3 is 2.68 bits per heavy atom. The first-order valence-electron chi connectivity index (χ1n) is 11.6. The van der Waals surface area contributed by atoms with Crippen LogP contribution in [0, 0.1) is 0 Å². The molecule has 34 heavy (non-hydrogen) atoms. The molecule has 1 aromatic carbocycles. The number of aliphatic hydroxyl groups excluding tert-OH is 1. The van der Waals surface area contributed by atoms with E-state index in [4.69, 9.17) is 4.74 Å². The molecule has 3 N–H and O–H groups in total. The van der Waals surface area contributed by atoms with E-state index in [9.17, 15) is 19.8 Å². The van der Waals surface area contributed by atoms with Gasteiger partial charge in [0, 0.05) is 31.7 Å². The van der Waals surface area contributed by atoms with Crippen LogP contribution in [0.4, 0.5) is 11.4 Å². The van der Waals surface area contributed by atoms with Crippen molar-refractivity contribution in [2.75, 3.05) is 43.1 Å². The Bertz CT molecular complexity index is 1070. The van der Waals surface area contributed by atoms with Crippen molar-refractivity contribution >= 4 is 23.2 Å². The van der Waals surface area contributed by atoms with Gasteiger partial charge in [-0.15, -0.1) is 0 Å². The fraction of sp³-hybridized carbons (Fsp3) is 0.480. The number of hydrogen-bond donors (Lipinski definition) is 3. The molecular weight excluding hydrogens is 436 g/mol. The predicted octanol–water partition coefficient (Wildman–Crippen LogP) is 2.34. The van der Waals surface area contributed by atoms with Gasteiger partial charge in [-0.3, -0.25) is 9.59 Å². The molecule has 4 rings (SSSR count). The molecule has 9 heteroatoms. The minimum absolute atomic E-state index is 0.0714. The van der Waals surface area contributed by atoms with E-state index < -0.39 is 11.7 Å². The van der Waals surface area contributed by atoms with E-state index in [0.29, 0.717) is 62.8 Å². The van der Waals surface area contributed by atoms with E-state index in [-0.39, 0.29) is 17.5 Å². The van der Waals surface area contributed by atoms with Crippen LogP contribution < -0.4 is 10.2 Å². The molecule has 3 heterocycles. The highest BCUT2D eigenvalue weighted by Gasteiger charge is 2.31. The highest BCUT2D eigenvalue weighted by molar-refractivity contribution is 6.07. The van der Waals surface area contributed by atoms with Crippen LogP contribution in [0.3, 0.4) is 0 Å². The summed E-state index contributed by atoms with van der Waals surface area (Å²) in [7, 11) is 0. The summed E-state index contributed by atoms with van der Waals surface area (Å²) in [6, 6.07) is 8.67. The SMILES string of the molecule is CC(O)c1cccc(C(=O)Nc2cc3c(cc2N2CCOCC2)C(=O)N(CCC(C)(C)O)C3)n1. The van der Waals surface area contributed by atoms with Crippen molar-refractivity contribution in [2.24, 2.45) is 0 Å². The molecule has 0 radical (unpaired) electrons. The van der Waals surface area contributed by atoms with Crippen molar-refractivity contribution < 1.29 is 24.5 Å². The Morgan fingerprint density at radius 1 is 1.26 bits per heavy atom. The van der Waals surface area contributed by atoms with Crippen LogP contribution in [0.5, 0.6) is 0 Å². The maximum atomic E-state index is 13.1. The summed E-state index contributed by atoms with van der Waals surface area (Å²) >= 11 is 0. The summed E-state index contributed by atoms with van der Waals surface area (Å²) in [4.78, 5) is 34.2. The third kappa shape index (κ3) is 5.38. The Labute approximate surface area is 199 Å². The van der Waals surface area contributed by atoms with Gasteiger partial charge in [-0.05, 0) is 57.0 Å². The summed E-state index contributed by atoms with van der Waals surface area (Å²) in [5, 5.41) is 22.9. The van der Waals surface area contributed by atoms with Crippen LogP contribution in [0.2, 0.25) is 0 Å². The smallest absolute Gasteiger partial charge is 0.274 e. The van der Waals surface area contributed by atoms with Crippen LogP contribution in [-0.2, 0) is 11.3 Å². The minimum Gasteiger partial charge on any atom is -0.390 e. The summed E-state index contributed by atoms with van der Waals surface area (Å²) in [5.41, 5.74) is 2.58. The van der Waals surface area contributed by atoms with Crippen LogP contribution in [0.15, 0.2) is 30.3 Å². The molecule has 2 aliphatic heterocycles. The lowest BCUT2D eigenvalue weighted by Crippen LogP contribution is -2.37. The number of fused-ring (bicyclic) bond motifs is 1. The molecule has 2 aromatic rings. The number of pyridine rings is 1. The van der Waals surface area contributed by atoms with Gasteiger partial charge in [-0.2, -0.15) is 0 Å². The Kier molecular flexibility index (Phi) is 6.88. The molecule has 182 valence electrons. The van der Waals surface area contributed by atoms with Gasteiger partial charge in [0.15, 0.2) is 0 Å². The topological polar surface area (TPSA) is 115 Å². The number of aromatic nitrogens is 1. The van der Waals surface area contributed by atoms with Gasteiger partial charge in [0.05, 0.1) is 42.0 Å². The predicted molar refractivity (Wildman–Crippen MR) is 128 cm³/mol. The van der Waals surface area contributed by atoms with Crippen molar-refractivity contribution in [1.82, 2.24) is 9.88 Å². The number of ether oxygens (including phenoxy) is 1. The second-order valence-electron chi connectivity index (χ2n) is 9.49. The lowest BCUT2D eigenvalue weighted by Gasteiger charge is -2.31. The quantitative estimate of drug-likeness (QED) is 0.571. The zero-order valence-corrected chi connectivity index (χ0v) is 19.9. The zero-order valence-electron chi connectivity index (χ0n) is 19.9. The number of anilines is 2. The number of morpholine rings is 1. The highest BCUT2D eigenvalue weighted by atomic mass is 16.5. The molecule has 1 aromatic heterocycles. The van der Waals surface area contributed by atoms with Gasteiger partial charge in [0.1, 0.15) is 5.69 Å². The third-order valence-electron chi connectivity index (χ3n) is 6.13. The van der Waals surface area contributed by atoms with Crippen LogP contribution >= 0.6 is 0 Å². The average Bonchev–Trinajstić information content (AvgIpc) is 3.12. The van der Waals surface area contributed by atoms with Gasteiger partial charge in [-0.1, -0.05) is 6.07 Å². The second kappa shape index (κ2) is 9.69. The maximum absolute atomic E-state index is 13.1. The number of amides is 2. The van der Waals surface area contributed by atoms with Crippen LogP contribution in [-0.4, -0.2) is 70.4 Å². The number of carbonyl (C=O) groups is 2. The van der Waals surface area contributed by atoms with Crippen molar-refractivity contribution in [3.63, 3.8) is 0 Å². The summed E-state index contributed by atoms with van der Waals surface area (Å²) < 4.78 is 5.48. The first kappa shape index (κ1) is 24.1. The van der Waals surface area contributed by atoms with Gasteiger partial charge >= 0.3 is 0 Å². The molecule has 9 nitrogen and oxygen atoms in total. The first-order chi connectivity index (χ1) is 16.1. The average molecular weight is 469 g/mol. The van der Waals surface area contributed by atoms with E-state index >= 15 is 0 Å². The lowest BCUT2D eigenvalue weighted by atomic mass is 10.1. The van der Waals surface area contributed by atoms with Crippen LogP contribution in [0.25, 0.3) is 0 Å². The molecule has 1 fully saturated rings. The van der Waals surface area contributed by atoms with Gasteiger partial charge in [0.2, 0.25) is 0 Å². The lowest BCUT2D eigenvalue weighted by molar-refractivity contribution is 0.0517. The normalized spacial score (nSPS) is 17.0. The molecule has 0 spiro atoms. The number of benzene rings is 1. The molecule has 0 bridgehead atoms. The number of carbonyl (C=O) groups excluding carboxylic acids is 2. The van der Waals surface area contributed by atoms with Crippen molar-refractivity contribution in [2.45, 2.75) is 45.4 Å². The number of nitrogens with one attached hydrogen (secondary N) is 1. The summed E-state index contributed by atoms with van der Waals surface area (Å²) in [6.07, 6.45) is -0.310. The van der Waals surface area contributed by atoms with Crippen molar-refractivity contribution in [1.29, 1.82) is 0 Å². The summed E-state index contributed by atoms with van der Waals surface area (Å²) in [6.45, 7) is 8.34. The largest absolute Gasteiger partial charge is 0.390 e. The fourth-order valence-electron chi connectivity index (χ4n) is 4.16. The van der Waals surface area contributed by atoms with E-state index in [1.807, 2.05) is 12.1 Å². The minimum atomic E-state index is -0.860. The Balaban J connectivity index is 1.64. The number of nitrogens with zero attached hydrogens (tertiary/aromatic N) is 3. The molecule has 0 aliphatic carbocycles. The Hall–Kier alpha value is -3.01. The van der Waals surface area contributed by atoms with E-state index in [1.54, 1.807) is 43.9 Å². The molecular formula is C25H32N4O5. The van der Waals surface area contributed by atoms with Crippen LogP contribution in [0.1, 0.15) is 65.4 Å². The van der Waals surface area contributed by atoms with E-state index in [2.05, 4.69) is 15.2 Å². The molecule has 1 saturated heterocycles. The Morgan fingerprint density at radius 2 is 2.00 bits per heavy atom. The van der Waals surface area contributed by atoms with Crippen molar-refractivity contribution in [3.05, 3.63) is 52.8 Å². The molecule has 1 atom stereocenters. The summed E-state index contributed by atoms with van der Waals surface area (Å²) in [5.74, 6) is -0.460. The third-order valence-corrected chi connectivity index (χ3v) is 6.13. The monoisotopic (exact) mass is 468 g/mol. The molecule has 0 saturated carbocycles. The van der Waals surface area contributed by atoms with E-state index in [0.717, 1.165) is 11.3 Å². The number of hydrogen-bond acceptors (Lipinski definition) is 7. The molecule has 1 unspecified atom stereocenters. The van der Waals surface area contributed by atoms with Gasteiger partial charge in [0.25, 0.3) is 11.8 Å². The zero-order chi connectivity index (χ0) is 24.5. The van der Waals surface area contributed by atoms with Gasteiger partial charge < -0.3 is 30.1 Å². The fourth-order valence-corrected chi connectivity index (χ4v) is 4.16. The van der Waals surface area contributed by atoms with E-state index in [1.165, 1.54) is 0 Å². The van der Waals surface area contributed by atoms with Gasteiger partial charge in [-0.25, -0.2) is 4.98 Å².